The molecule has 1 fully saturated rings. The monoisotopic (exact) mass is 415 g/mol. The molecule has 3 rings (SSSR count). The van der Waals surface area contributed by atoms with Crippen molar-refractivity contribution in [2.75, 3.05) is 19.7 Å². The maximum Gasteiger partial charge on any atom is 0.325 e. The first-order valence-electron chi connectivity index (χ1n) is 9.70. The number of carbonyl (C=O) groups is 2. The maximum absolute atomic E-state index is 13.0. The fourth-order valence-corrected chi connectivity index (χ4v) is 4.46. The predicted molar refractivity (Wildman–Crippen MR) is 109 cm³/mol. The summed E-state index contributed by atoms with van der Waals surface area (Å²) < 4.78 is 30.2. The summed E-state index contributed by atoms with van der Waals surface area (Å²) in [7, 11) is -3.51. The molecular weight excluding hydrogens is 390 g/mol. The van der Waals surface area contributed by atoms with Crippen LogP contribution in [0.5, 0.6) is 0 Å². The van der Waals surface area contributed by atoms with Crippen LogP contribution in [0.2, 0.25) is 0 Å². The second-order valence-electron chi connectivity index (χ2n) is 7.21. The standard InChI is InChI=1S/C22H25NO5S/c1-2-28-21(24)15-23(14-17-11-12-17)22(25)19-8-6-7-18(13-19)16-29(26,27)20-9-4-3-5-10-20/h3-10,13,17H,2,11-12,14-16H2,1H3. The zero-order valence-electron chi connectivity index (χ0n) is 16.4. The van der Waals surface area contributed by atoms with Crippen LogP contribution in [0.3, 0.4) is 0 Å². The van der Waals surface area contributed by atoms with Gasteiger partial charge >= 0.3 is 5.97 Å². The SMILES string of the molecule is CCOC(=O)CN(CC1CC1)C(=O)c1cccc(CS(=O)(=O)c2ccccc2)c1. The van der Waals surface area contributed by atoms with Crippen LogP contribution in [0.4, 0.5) is 0 Å². The summed E-state index contributed by atoms with van der Waals surface area (Å²) in [4.78, 5) is 26.7. The van der Waals surface area contributed by atoms with E-state index in [1.807, 2.05) is 0 Å². The summed E-state index contributed by atoms with van der Waals surface area (Å²) in [6, 6.07) is 14.8. The molecule has 0 aliphatic heterocycles. The van der Waals surface area contributed by atoms with Gasteiger partial charge in [0.25, 0.3) is 5.91 Å². The largest absolute Gasteiger partial charge is 0.465 e. The number of carbonyl (C=O) groups excluding carboxylic acids is 2. The number of hydrogen-bond donors (Lipinski definition) is 0. The number of ether oxygens (including phenoxy) is 1. The number of benzene rings is 2. The van der Waals surface area contributed by atoms with Gasteiger partial charge in [0.15, 0.2) is 9.84 Å². The van der Waals surface area contributed by atoms with E-state index >= 15 is 0 Å². The number of amides is 1. The number of rotatable bonds is 9. The van der Waals surface area contributed by atoms with E-state index in [9.17, 15) is 18.0 Å². The van der Waals surface area contributed by atoms with E-state index in [0.717, 1.165) is 12.8 Å². The lowest BCUT2D eigenvalue weighted by Crippen LogP contribution is -2.38. The molecule has 0 unspecified atom stereocenters. The van der Waals surface area contributed by atoms with Crippen LogP contribution in [-0.2, 0) is 25.1 Å². The summed E-state index contributed by atoms with van der Waals surface area (Å²) in [6.07, 6.45) is 2.09. The Morgan fingerprint density at radius 1 is 1.07 bits per heavy atom. The molecule has 1 saturated carbocycles. The average Bonchev–Trinajstić information content (AvgIpc) is 3.52. The average molecular weight is 416 g/mol. The van der Waals surface area contributed by atoms with E-state index in [0.29, 0.717) is 23.6 Å². The molecule has 1 amide bonds. The highest BCUT2D eigenvalue weighted by Crippen LogP contribution is 2.30. The number of nitrogens with zero attached hydrogens (tertiary/aromatic N) is 1. The summed E-state index contributed by atoms with van der Waals surface area (Å²) in [6.45, 7) is 2.39. The molecule has 0 N–H and O–H groups in total. The predicted octanol–water partition coefficient (Wildman–Crippen LogP) is 3.08. The van der Waals surface area contributed by atoms with Gasteiger partial charge in [0.2, 0.25) is 0 Å². The highest BCUT2D eigenvalue weighted by atomic mass is 32.2. The summed E-state index contributed by atoms with van der Waals surface area (Å²) in [5.74, 6) is -0.512. The van der Waals surface area contributed by atoms with E-state index in [1.165, 1.54) is 4.90 Å². The molecule has 0 atom stereocenters. The Hall–Kier alpha value is -2.67. The molecule has 0 spiro atoms. The van der Waals surface area contributed by atoms with Crippen molar-refractivity contribution in [2.24, 2.45) is 5.92 Å². The van der Waals surface area contributed by atoms with Gasteiger partial charge < -0.3 is 9.64 Å². The van der Waals surface area contributed by atoms with Gasteiger partial charge in [-0.15, -0.1) is 0 Å². The van der Waals surface area contributed by atoms with Crippen LogP contribution in [0.25, 0.3) is 0 Å². The molecule has 7 heteroatoms. The van der Waals surface area contributed by atoms with Crippen LogP contribution in [0.1, 0.15) is 35.7 Å². The van der Waals surface area contributed by atoms with Gasteiger partial charge in [0.1, 0.15) is 6.54 Å². The molecule has 0 radical (unpaired) electrons. The zero-order valence-corrected chi connectivity index (χ0v) is 17.2. The first-order chi connectivity index (χ1) is 13.9. The first-order valence-corrected chi connectivity index (χ1v) is 11.4. The minimum Gasteiger partial charge on any atom is -0.465 e. The topological polar surface area (TPSA) is 80.8 Å². The van der Waals surface area contributed by atoms with Gasteiger partial charge in [0, 0.05) is 12.1 Å². The van der Waals surface area contributed by atoms with Crippen molar-refractivity contribution in [2.45, 2.75) is 30.4 Å². The number of esters is 1. The summed E-state index contributed by atoms with van der Waals surface area (Å²) in [5, 5.41) is 0. The smallest absolute Gasteiger partial charge is 0.325 e. The van der Waals surface area contributed by atoms with Crippen LogP contribution in [0.15, 0.2) is 59.5 Å². The van der Waals surface area contributed by atoms with E-state index in [2.05, 4.69) is 0 Å². The molecular formula is C22H25NO5S. The fraction of sp³-hybridized carbons (Fsp3) is 0.364. The minimum absolute atomic E-state index is 0.101. The Morgan fingerprint density at radius 2 is 1.79 bits per heavy atom. The molecule has 1 aliphatic carbocycles. The lowest BCUT2D eigenvalue weighted by atomic mass is 10.1. The third kappa shape index (κ3) is 5.90. The van der Waals surface area contributed by atoms with E-state index in [1.54, 1.807) is 61.5 Å². The highest BCUT2D eigenvalue weighted by molar-refractivity contribution is 7.90. The maximum atomic E-state index is 13.0. The molecule has 29 heavy (non-hydrogen) atoms. The Labute approximate surface area is 171 Å². The summed E-state index contributed by atoms with van der Waals surface area (Å²) >= 11 is 0. The van der Waals surface area contributed by atoms with Crippen molar-refractivity contribution in [3.05, 3.63) is 65.7 Å². The lowest BCUT2D eigenvalue weighted by molar-refractivity contribution is -0.143. The molecule has 1 aliphatic rings. The van der Waals surface area contributed by atoms with Gasteiger partial charge in [-0.05, 0) is 55.5 Å². The quantitative estimate of drug-likeness (QED) is 0.588. The Bertz CT molecular complexity index is 968. The minimum atomic E-state index is -3.51. The number of hydrogen-bond acceptors (Lipinski definition) is 5. The highest BCUT2D eigenvalue weighted by Gasteiger charge is 2.29. The van der Waals surface area contributed by atoms with Crippen LogP contribution < -0.4 is 0 Å². The van der Waals surface area contributed by atoms with Crippen molar-refractivity contribution in [3.8, 4) is 0 Å². The normalized spacial score (nSPS) is 13.7. The molecule has 6 nitrogen and oxygen atoms in total. The second kappa shape index (κ2) is 9.22. The van der Waals surface area contributed by atoms with E-state index < -0.39 is 15.8 Å². The summed E-state index contributed by atoms with van der Waals surface area (Å²) in [5.41, 5.74) is 0.901. The van der Waals surface area contributed by atoms with E-state index in [4.69, 9.17) is 4.74 Å². The van der Waals surface area contributed by atoms with Crippen molar-refractivity contribution in [1.82, 2.24) is 4.90 Å². The zero-order chi connectivity index (χ0) is 20.9. The van der Waals surface area contributed by atoms with E-state index in [-0.39, 0.29) is 29.7 Å². The Kier molecular flexibility index (Phi) is 6.69. The molecule has 0 bridgehead atoms. The van der Waals surface area contributed by atoms with Gasteiger partial charge in [-0.25, -0.2) is 8.42 Å². The lowest BCUT2D eigenvalue weighted by Gasteiger charge is -2.22. The molecule has 0 saturated heterocycles. The van der Waals surface area contributed by atoms with Gasteiger partial charge in [-0.1, -0.05) is 30.3 Å². The van der Waals surface area contributed by atoms with Crippen LogP contribution >= 0.6 is 0 Å². The van der Waals surface area contributed by atoms with Crippen LogP contribution in [-0.4, -0.2) is 44.9 Å². The van der Waals surface area contributed by atoms with Crippen molar-refractivity contribution in [3.63, 3.8) is 0 Å². The third-order valence-corrected chi connectivity index (χ3v) is 6.42. The van der Waals surface area contributed by atoms with Crippen molar-refractivity contribution >= 4 is 21.7 Å². The second-order valence-corrected chi connectivity index (χ2v) is 9.20. The van der Waals surface area contributed by atoms with Crippen molar-refractivity contribution in [1.29, 1.82) is 0 Å². The molecule has 2 aromatic rings. The first kappa shape index (κ1) is 21.0. The fourth-order valence-electron chi connectivity index (χ4n) is 3.10. The van der Waals surface area contributed by atoms with Gasteiger partial charge in [-0.3, -0.25) is 9.59 Å². The molecule has 2 aromatic carbocycles. The Balaban J connectivity index is 1.77. The van der Waals surface area contributed by atoms with Crippen LogP contribution in [0, 0.1) is 5.92 Å². The molecule has 154 valence electrons. The molecule has 0 aromatic heterocycles. The molecule has 0 heterocycles. The Morgan fingerprint density at radius 3 is 2.45 bits per heavy atom. The van der Waals surface area contributed by atoms with Gasteiger partial charge in [-0.2, -0.15) is 0 Å². The third-order valence-electron chi connectivity index (χ3n) is 4.72. The van der Waals surface area contributed by atoms with Crippen molar-refractivity contribution < 1.29 is 22.7 Å². The van der Waals surface area contributed by atoms with Gasteiger partial charge in [0.05, 0.1) is 17.3 Å². The number of sulfone groups is 1.